The average molecular weight is 288 g/mol. The van der Waals surface area contributed by atoms with Crippen LogP contribution in [0.2, 0.25) is 0 Å². The van der Waals surface area contributed by atoms with Crippen molar-refractivity contribution in [3.63, 3.8) is 0 Å². The van der Waals surface area contributed by atoms with Crippen LogP contribution in [-0.2, 0) is 0 Å². The van der Waals surface area contributed by atoms with Crippen molar-refractivity contribution in [2.75, 3.05) is 0 Å². The normalized spacial score (nSPS) is 30.7. The number of nitrogens with zero attached hydrogens (tertiary/aromatic N) is 1. The van der Waals surface area contributed by atoms with Gasteiger partial charge in [0.25, 0.3) is 0 Å². The first-order chi connectivity index (χ1) is 10.2. The lowest BCUT2D eigenvalue weighted by Crippen LogP contribution is -2.11. The molecule has 3 nitrogen and oxygen atoms in total. The molecular formula is C17H21FN2O. The van der Waals surface area contributed by atoms with Gasteiger partial charge in [0, 0.05) is 12.4 Å². The van der Waals surface area contributed by atoms with Crippen molar-refractivity contribution in [2.24, 2.45) is 11.3 Å². The van der Waals surface area contributed by atoms with Crippen LogP contribution in [0.5, 0.6) is 0 Å². The molecule has 4 heteroatoms. The zero-order valence-electron chi connectivity index (χ0n) is 12.2. The quantitative estimate of drug-likeness (QED) is 0.805. The lowest BCUT2D eigenvalue weighted by Gasteiger charge is -2.21. The lowest BCUT2D eigenvalue weighted by atomic mass is 9.86. The molecule has 1 aromatic rings. The molecule has 0 spiro atoms. The summed E-state index contributed by atoms with van der Waals surface area (Å²) in [6.45, 7) is 1.91. The van der Waals surface area contributed by atoms with E-state index in [1.54, 1.807) is 12.4 Å². The summed E-state index contributed by atoms with van der Waals surface area (Å²) < 4.78 is 12.9. The number of aromatic nitrogens is 2. The summed E-state index contributed by atoms with van der Waals surface area (Å²) in [5.41, 5.74) is 1.77. The van der Waals surface area contributed by atoms with Crippen molar-refractivity contribution in [3.05, 3.63) is 53.9 Å². The second kappa shape index (κ2) is 5.60. The SMILES string of the molecule is C\C=C/C(=C(\C=C\F)C12CCCC1C2)C(O)c1ncc[nH]1. The van der Waals surface area contributed by atoms with Crippen LogP contribution in [0.15, 0.2) is 48.1 Å². The number of rotatable bonds is 5. The van der Waals surface area contributed by atoms with Gasteiger partial charge in [-0.1, -0.05) is 18.6 Å². The van der Waals surface area contributed by atoms with E-state index in [1.165, 1.54) is 18.9 Å². The minimum Gasteiger partial charge on any atom is -0.380 e. The summed E-state index contributed by atoms with van der Waals surface area (Å²) in [6, 6.07) is 0. The topological polar surface area (TPSA) is 48.9 Å². The van der Waals surface area contributed by atoms with E-state index in [1.807, 2.05) is 19.1 Å². The zero-order valence-corrected chi connectivity index (χ0v) is 12.2. The number of hydrogen-bond donors (Lipinski definition) is 2. The Kier molecular flexibility index (Phi) is 3.81. The molecule has 2 fully saturated rings. The molecule has 2 aliphatic rings. The maximum absolute atomic E-state index is 12.9. The summed E-state index contributed by atoms with van der Waals surface area (Å²) in [6.07, 6.45) is 12.9. The highest BCUT2D eigenvalue weighted by molar-refractivity contribution is 5.45. The van der Waals surface area contributed by atoms with E-state index in [-0.39, 0.29) is 5.41 Å². The predicted octanol–water partition coefficient (Wildman–Crippen LogP) is 3.99. The van der Waals surface area contributed by atoms with Gasteiger partial charge in [0.1, 0.15) is 11.9 Å². The molecule has 1 aromatic heterocycles. The Balaban J connectivity index is 2.06. The molecule has 2 N–H and O–H groups in total. The van der Waals surface area contributed by atoms with Gasteiger partial charge in [-0.05, 0) is 54.7 Å². The highest BCUT2D eigenvalue weighted by Crippen LogP contribution is 2.68. The maximum atomic E-state index is 12.9. The Morgan fingerprint density at radius 3 is 2.95 bits per heavy atom. The second-order valence-electron chi connectivity index (χ2n) is 5.99. The van der Waals surface area contributed by atoms with Gasteiger partial charge in [0.05, 0.1) is 6.33 Å². The molecule has 0 aliphatic heterocycles. The van der Waals surface area contributed by atoms with Crippen molar-refractivity contribution in [3.8, 4) is 0 Å². The van der Waals surface area contributed by atoms with Crippen LogP contribution in [0, 0.1) is 11.3 Å². The number of H-pyrrole nitrogens is 1. The van der Waals surface area contributed by atoms with Gasteiger partial charge in [-0.3, -0.25) is 0 Å². The Hall–Kier alpha value is -1.68. The number of imidazole rings is 1. The number of aromatic amines is 1. The third kappa shape index (κ3) is 2.38. The number of halogens is 1. The Bertz CT molecular complexity index is 588. The third-order valence-corrected chi connectivity index (χ3v) is 4.90. The molecule has 3 rings (SSSR count). The zero-order chi connectivity index (χ0) is 14.9. The molecular weight excluding hydrogens is 267 g/mol. The van der Waals surface area contributed by atoms with Crippen LogP contribution in [0.1, 0.15) is 44.5 Å². The number of aliphatic hydroxyl groups is 1. The van der Waals surface area contributed by atoms with Gasteiger partial charge in [-0.2, -0.15) is 0 Å². The minimum atomic E-state index is -0.848. The standard InChI is InChI=1S/C17H21FN2O/c1-2-4-13(15(21)16-19-9-10-20-16)14(6-8-18)17-7-3-5-12(17)11-17/h2,4,6,8-10,12,15,21H,3,5,7,11H2,1H3,(H,19,20)/b4-2-,8-6+,14-13-. The Morgan fingerprint density at radius 2 is 2.43 bits per heavy atom. The summed E-state index contributed by atoms with van der Waals surface area (Å²) >= 11 is 0. The molecule has 112 valence electrons. The van der Waals surface area contributed by atoms with Crippen molar-refractivity contribution < 1.29 is 9.50 Å². The molecule has 0 amide bonds. The first kappa shape index (κ1) is 14.3. The Morgan fingerprint density at radius 1 is 1.57 bits per heavy atom. The first-order valence-corrected chi connectivity index (χ1v) is 7.54. The highest BCUT2D eigenvalue weighted by Gasteiger charge is 2.58. The summed E-state index contributed by atoms with van der Waals surface area (Å²) in [7, 11) is 0. The van der Waals surface area contributed by atoms with Crippen molar-refractivity contribution in [1.29, 1.82) is 0 Å². The van der Waals surface area contributed by atoms with Crippen LogP contribution in [0.4, 0.5) is 4.39 Å². The van der Waals surface area contributed by atoms with E-state index < -0.39 is 6.10 Å². The van der Waals surface area contributed by atoms with Gasteiger partial charge in [-0.15, -0.1) is 0 Å². The van der Waals surface area contributed by atoms with Crippen LogP contribution >= 0.6 is 0 Å². The average Bonchev–Trinajstić information content (AvgIpc) is 2.89. The summed E-state index contributed by atoms with van der Waals surface area (Å²) in [5, 5.41) is 10.6. The molecule has 0 aromatic carbocycles. The van der Waals surface area contributed by atoms with Crippen molar-refractivity contribution in [1.82, 2.24) is 9.97 Å². The minimum absolute atomic E-state index is 0.0744. The molecule has 0 radical (unpaired) electrons. The monoisotopic (exact) mass is 288 g/mol. The Labute approximate surface area is 124 Å². The van der Waals surface area contributed by atoms with Gasteiger partial charge in [0.2, 0.25) is 0 Å². The second-order valence-corrected chi connectivity index (χ2v) is 5.99. The van der Waals surface area contributed by atoms with Crippen LogP contribution in [0.3, 0.4) is 0 Å². The van der Waals surface area contributed by atoms with Gasteiger partial charge in [0.15, 0.2) is 0 Å². The fraction of sp³-hybridized carbons (Fsp3) is 0.471. The largest absolute Gasteiger partial charge is 0.380 e. The van der Waals surface area contributed by atoms with Crippen molar-refractivity contribution >= 4 is 0 Å². The van der Waals surface area contributed by atoms with E-state index in [0.717, 1.165) is 24.0 Å². The smallest absolute Gasteiger partial charge is 0.139 e. The summed E-state index contributed by atoms with van der Waals surface area (Å²) in [5.74, 6) is 1.15. The first-order valence-electron chi connectivity index (χ1n) is 7.54. The third-order valence-electron chi connectivity index (χ3n) is 4.90. The molecule has 2 aliphatic carbocycles. The molecule has 1 heterocycles. The van der Waals surface area contributed by atoms with E-state index in [4.69, 9.17) is 0 Å². The predicted molar refractivity (Wildman–Crippen MR) is 80.0 cm³/mol. The maximum Gasteiger partial charge on any atom is 0.139 e. The van der Waals surface area contributed by atoms with Gasteiger partial charge < -0.3 is 10.1 Å². The van der Waals surface area contributed by atoms with Crippen LogP contribution in [-0.4, -0.2) is 15.1 Å². The van der Waals surface area contributed by atoms with E-state index in [2.05, 4.69) is 9.97 Å². The van der Waals surface area contributed by atoms with E-state index >= 15 is 0 Å². The molecule has 21 heavy (non-hydrogen) atoms. The summed E-state index contributed by atoms with van der Waals surface area (Å²) in [4.78, 5) is 7.08. The van der Waals surface area contributed by atoms with E-state index in [0.29, 0.717) is 18.1 Å². The lowest BCUT2D eigenvalue weighted by molar-refractivity contribution is 0.208. The molecule has 2 saturated carbocycles. The van der Waals surface area contributed by atoms with Crippen LogP contribution < -0.4 is 0 Å². The molecule has 3 unspecified atom stereocenters. The fourth-order valence-electron chi connectivity index (χ4n) is 3.89. The van der Waals surface area contributed by atoms with Gasteiger partial charge in [-0.25, -0.2) is 9.37 Å². The van der Waals surface area contributed by atoms with Gasteiger partial charge >= 0.3 is 0 Å². The fourth-order valence-corrected chi connectivity index (χ4v) is 3.89. The number of nitrogens with one attached hydrogen (secondary N) is 1. The number of allylic oxidation sites excluding steroid dienone is 3. The molecule has 0 saturated heterocycles. The molecule has 0 bridgehead atoms. The number of aliphatic hydroxyl groups excluding tert-OH is 1. The molecule has 3 atom stereocenters. The van der Waals surface area contributed by atoms with E-state index in [9.17, 15) is 9.50 Å². The number of hydrogen-bond acceptors (Lipinski definition) is 2. The van der Waals surface area contributed by atoms with Crippen molar-refractivity contribution in [2.45, 2.75) is 38.7 Å². The highest BCUT2D eigenvalue weighted by atomic mass is 19.1. The number of fused-ring (bicyclic) bond motifs is 1. The van der Waals surface area contributed by atoms with Crippen LogP contribution in [0.25, 0.3) is 0 Å².